The first-order valence-electron chi connectivity index (χ1n) is 8.00. The number of benzene rings is 1. The standard InChI is InChI=1S/C17H21ClN2O3S/c1-13-6-7-14(18)11-17(13)24(21,22)19-12-15(16-5-4-10-23-16)20-8-2-3-9-20/h4-7,10-11,15,19H,2-3,8-9,12H2,1H3/t15-/m1/s1. The predicted octanol–water partition coefficient (Wildman–Crippen LogP) is 3.36. The van der Waals surface area contributed by atoms with Crippen LogP contribution in [0, 0.1) is 6.92 Å². The van der Waals surface area contributed by atoms with Gasteiger partial charge in [-0.1, -0.05) is 17.7 Å². The number of hydrogen-bond donors (Lipinski definition) is 1. The van der Waals surface area contributed by atoms with Crippen LogP contribution in [0.15, 0.2) is 45.9 Å². The Kier molecular flexibility index (Phi) is 5.30. The van der Waals surface area contributed by atoms with E-state index in [2.05, 4.69) is 9.62 Å². The zero-order valence-electron chi connectivity index (χ0n) is 13.5. The number of halogens is 1. The second kappa shape index (κ2) is 7.27. The van der Waals surface area contributed by atoms with Crippen molar-refractivity contribution in [1.82, 2.24) is 9.62 Å². The van der Waals surface area contributed by atoms with Gasteiger partial charge in [0.25, 0.3) is 0 Å². The first kappa shape index (κ1) is 17.5. The van der Waals surface area contributed by atoms with E-state index >= 15 is 0 Å². The Morgan fingerprint density at radius 2 is 2.04 bits per heavy atom. The van der Waals surface area contributed by atoms with Crippen LogP contribution in [0.3, 0.4) is 0 Å². The van der Waals surface area contributed by atoms with Crippen molar-refractivity contribution in [2.24, 2.45) is 0 Å². The van der Waals surface area contributed by atoms with Crippen LogP contribution in [-0.4, -0.2) is 33.0 Å². The molecule has 24 heavy (non-hydrogen) atoms. The zero-order chi connectivity index (χ0) is 17.2. The minimum absolute atomic E-state index is 0.100. The van der Waals surface area contributed by atoms with Crippen molar-refractivity contribution in [3.05, 3.63) is 52.9 Å². The van der Waals surface area contributed by atoms with Crippen molar-refractivity contribution in [2.75, 3.05) is 19.6 Å². The fourth-order valence-electron chi connectivity index (χ4n) is 3.07. The molecule has 3 rings (SSSR count). The molecule has 0 radical (unpaired) electrons. The molecule has 1 aromatic heterocycles. The van der Waals surface area contributed by atoms with Gasteiger partial charge in [0.15, 0.2) is 0 Å². The summed E-state index contributed by atoms with van der Waals surface area (Å²) in [6.07, 6.45) is 3.86. The summed E-state index contributed by atoms with van der Waals surface area (Å²) in [6, 6.07) is 8.50. The van der Waals surface area contributed by atoms with Gasteiger partial charge in [-0.2, -0.15) is 0 Å². The molecule has 0 amide bonds. The zero-order valence-corrected chi connectivity index (χ0v) is 15.1. The Labute approximate surface area is 147 Å². The number of nitrogens with zero attached hydrogens (tertiary/aromatic N) is 1. The van der Waals surface area contributed by atoms with Gasteiger partial charge in [-0.05, 0) is 62.7 Å². The molecule has 0 unspecified atom stereocenters. The summed E-state index contributed by atoms with van der Waals surface area (Å²) < 4.78 is 33.6. The van der Waals surface area contributed by atoms with E-state index in [0.717, 1.165) is 31.7 Å². The molecule has 1 saturated heterocycles. The molecule has 1 fully saturated rings. The molecule has 7 heteroatoms. The Bertz CT molecular complexity index is 784. The van der Waals surface area contributed by atoms with Crippen molar-refractivity contribution in [2.45, 2.75) is 30.7 Å². The lowest BCUT2D eigenvalue weighted by Gasteiger charge is -2.26. The van der Waals surface area contributed by atoms with Gasteiger partial charge in [0.05, 0.1) is 17.2 Å². The molecule has 1 aliphatic heterocycles. The van der Waals surface area contributed by atoms with Crippen molar-refractivity contribution >= 4 is 21.6 Å². The molecule has 2 heterocycles. The normalized spacial score (nSPS) is 17.2. The largest absolute Gasteiger partial charge is 0.468 e. The van der Waals surface area contributed by atoms with Crippen molar-refractivity contribution in [3.63, 3.8) is 0 Å². The van der Waals surface area contributed by atoms with Gasteiger partial charge in [-0.3, -0.25) is 4.90 Å². The monoisotopic (exact) mass is 368 g/mol. The smallest absolute Gasteiger partial charge is 0.240 e. The van der Waals surface area contributed by atoms with Crippen LogP contribution in [0.25, 0.3) is 0 Å². The van der Waals surface area contributed by atoms with Crippen LogP contribution in [-0.2, 0) is 10.0 Å². The van der Waals surface area contributed by atoms with E-state index in [1.54, 1.807) is 25.3 Å². The summed E-state index contributed by atoms with van der Waals surface area (Å²) in [5.41, 5.74) is 0.669. The maximum absolute atomic E-state index is 12.7. The lowest BCUT2D eigenvalue weighted by Crippen LogP contribution is -2.36. The van der Waals surface area contributed by atoms with Crippen LogP contribution >= 0.6 is 11.6 Å². The van der Waals surface area contributed by atoms with Gasteiger partial charge >= 0.3 is 0 Å². The van der Waals surface area contributed by atoms with Gasteiger partial charge in [0.2, 0.25) is 10.0 Å². The molecule has 2 aromatic rings. The molecule has 0 aliphatic carbocycles. The lowest BCUT2D eigenvalue weighted by molar-refractivity contribution is 0.216. The SMILES string of the molecule is Cc1ccc(Cl)cc1S(=O)(=O)NC[C@H](c1ccco1)N1CCCC1. The van der Waals surface area contributed by atoms with E-state index in [1.165, 1.54) is 6.07 Å². The van der Waals surface area contributed by atoms with Gasteiger partial charge < -0.3 is 4.42 Å². The van der Waals surface area contributed by atoms with Crippen molar-refractivity contribution in [3.8, 4) is 0 Å². The third-order valence-electron chi connectivity index (χ3n) is 4.36. The molecule has 0 saturated carbocycles. The fraction of sp³-hybridized carbons (Fsp3) is 0.412. The van der Waals surface area contributed by atoms with Crippen molar-refractivity contribution in [1.29, 1.82) is 0 Å². The molecule has 1 atom stereocenters. The van der Waals surface area contributed by atoms with Gasteiger partial charge in [0, 0.05) is 11.6 Å². The number of hydrogen-bond acceptors (Lipinski definition) is 4. The van der Waals surface area contributed by atoms with Crippen LogP contribution in [0.2, 0.25) is 5.02 Å². The second-order valence-electron chi connectivity index (χ2n) is 6.04. The van der Waals surface area contributed by atoms with Crippen LogP contribution < -0.4 is 4.72 Å². The lowest BCUT2D eigenvalue weighted by atomic mass is 10.2. The van der Waals surface area contributed by atoms with Crippen LogP contribution in [0.4, 0.5) is 0 Å². The molecular weight excluding hydrogens is 348 g/mol. The van der Waals surface area contributed by atoms with E-state index in [4.69, 9.17) is 16.0 Å². The minimum atomic E-state index is -3.63. The average Bonchev–Trinajstić information content (AvgIpc) is 3.23. The molecule has 5 nitrogen and oxygen atoms in total. The molecular formula is C17H21ClN2O3S. The molecule has 0 spiro atoms. The number of rotatable bonds is 6. The first-order chi connectivity index (χ1) is 11.5. The maximum atomic E-state index is 12.7. The molecule has 0 bridgehead atoms. The summed E-state index contributed by atoms with van der Waals surface area (Å²) in [5.74, 6) is 0.780. The van der Waals surface area contributed by atoms with Gasteiger partial charge in [-0.25, -0.2) is 13.1 Å². The van der Waals surface area contributed by atoms with E-state index in [-0.39, 0.29) is 17.5 Å². The second-order valence-corrected chi connectivity index (χ2v) is 8.21. The van der Waals surface area contributed by atoms with E-state index in [0.29, 0.717) is 10.6 Å². The highest BCUT2D eigenvalue weighted by Crippen LogP contribution is 2.26. The number of furan rings is 1. The molecule has 1 aliphatic rings. The van der Waals surface area contributed by atoms with Crippen LogP contribution in [0.1, 0.15) is 30.2 Å². The van der Waals surface area contributed by atoms with Crippen molar-refractivity contribution < 1.29 is 12.8 Å². The number of nitrogens with one attached hydrogen (secondary N) is 1. The molecule has 130 valence electrons. The van der Waals surface area contributed by atoms with Gasteiger partial charge in [0.1, 0.15) is 5.76 Å². The molecule has 1 aromatic carbocycles. The summed E-state index contributed by atoms with van der Waals surface area (Å²) >= 11 is 5.95. The quantitative estimate of drug-likeness (QED) is 0.849. The van der Waals surface area contributed by atoms with Gasteiger partial charge in [-0.15, -0.1) is 0 Å². The van der Waals surface area contributed by atoms with Crippen LogP contribution in [0.5, 0.6) is 0 Å². The highest BCUT2D eigenvalue weighted by atomic mass is 35.5. The summed E-state index contributed by atoms with van der Waals surface area (Å²) in [5, 5.41) is 0.406. The minimum Gasteiger partial charge on any atom is -0.468 e. The Morgan fingerprint density at radius 3 is 2.71 bits per heavy atom. The third kappa shape index (κ3) is 3.83. The Morgan fingerprint density at radius 1 is 1.29 bits per heavy atom. The Balaban J connectivity index is 1.79. The summed E-state index contributed by atoms with van der Waals surface area (Å²) in [6.45, 7) is 3.92. The van der Waals surface area contributed by atoms with E-state index < -0.39 is 10.0 Å². The summed E-state index contributed by atoms with van der Waals surface area (Å²) in [7, 11) is -3.63. The van der Waals surface area contributed by atoms with E-state index in [1.807, 2.05) is 12.1 Å². The summed E-state index contributed by atoms with van der Waals surface area (Å²) in [4.78, 5) is 2.47. The predicted molar refractivity (Wildman–Crippen MR) is 93.6 cm³/mol. The molecule has 1 N–H and O–H groups in total. The first-order valence-corrected chi connectivity index (χ1v) is 9.87. The highest BCUT2D eigenvalue weighted by molar-refractivity contribution is 7.89. The maximum Gasteiger partial charge on any atom is 0.240 e. The third-order valence-corrected chi connectivity index (χ3v) is 6.16. The average molecular weight is 369 g/mol. The number of likely N-dealkylation sites (tertiary alicyclic amines) is 1. The Hall–Kier alpha value is -1.34. The number of aryl methyl sites for hydroxylation is 1. The number of sulfonamides is 1. The highest BCUT2D eigenvalue weighted by Gasteiger charge is 2.27. The van der Waals surface area contributed by atoms with E-state index in [9.17, 15) is 8.42 Å². The fourth-order valence-corrected chi connectivity index (χ4v) is 4.62. The topological polar surface area (TPSA) is 62.6 Å².